The number of ketones is 1. The van der Waals surface area contributed by atoms with E-state index in [0.717, 1.165) is 37.1 Å². The van der Waals surface area contributed by atoms with Gasteiger partial charge < -0.3 is 9.64 Å². The van der Waals surface area contributed by atoms with Crippen LogP contribution in [0.1, 0.15) is 63.1 Å². The van der Waals surface area contributed by atoms with Gasteiger partial charge in [-0.1, -0.05) is 38.5 Å². The molecular weight excluding hydrogens is 391 g/mol. The minimum atomic E-state index is -0.198. The first-order valence-electron chi connectivity index (χ1n) is 11.3. The van der Waals surface area contributed by atoms with Crippen LogP contribution in [0.5, 0.6) is 5.75 Å². The van der Waals surface area contributed by atoms with E-state index in [2.05, 4.69) is 18.5 Å². The number of anilines is 1. The maximum atomic E-state index is 14.9. The van der Waals surface area contributed by atoms with Crippen LogP contribution in [0.2, 0.25) is 0 Å². The SMILES string of the molecule is C=CCCC(=O)C(C)c1ccc(O[C@@H]2CCN(c3ccnc(CCCC)c3F)C2)cc1. The Morgan fingerprint density at radius 1 is 1.35 bits per heavy atom. The third-order valence-corrected chi connectivity index (χ3v) is 5.95. The largest absolute Gasteiger partial charge is 0.489 e. The van der Waals surface area contributed by atoms with Crippen LogP contribution < -0.4 is 9.64 Å². The van der Waals surface area contributed by atoms with Crippen molar-refractivity contribution >= 4 is 11.5 Å². The number of allylic oxidation sites excluding steroid dienone is 1. The number of benzene rings is 1. The molecule has 166 valence electrons. The average Bonchev–Trinajstić information content (AvgIpc) is 3.25. The highest BCUT2D eigenvalue weighted by Crippen LogP contribution is 2.28. The summed E-state index contributed by atoms with van der Waals surface area (Å²) in [6, 6.07) is 9.52. The molecule has 3 rings (SSSR count). The van der Waals surface area contributed by atoms with Crippen LogP contribution in [0.4, 0.5) is 10.1 Å². The molecule has 0 spiro atoms. The maximum Gasteiger partial charge on any atom is 0.167 e. The average molecular weight is 425 g/mol. The molecule has 0 aliphatic carbocycles. The molecule has 0 amide bonds. The van der Waals surface area contributed by atoms with Crippen LogP contribution in [0.25, 0.3) is 0 Å². The second-order valence-corrected chi connectivity index (χ2v) is 8.25. The van der Waals surface area contributed by atoms with Crippen molar-refractivity contribution in [2.24, 2.45) is 0 Å². The molecule has 1 aromatic carbocycles. The summed E-state index contributed by atoms with van der Waals surface area (Å²) in [7, 11) is 0. The van der Waals surface area contributed by atoms with Gasteiger partial charge in [0.1, 0.15) is 17.6 Å². The number of unbranched alkanes of at least 4 members (excludes halogenated alkanes) is 1. The van der Waals surface area contributed by atoms with Gasteiger partial charge in [-0.25, -0.2) is 4.39 Å². The van der Waals surface area contributed by atoms with Crippen LogP contribution in [0.15, 0.2) is 49.2 Å². The van der Waals surface area contributed by atoms with Gasteiger partial charge in [0.25, 0.3) is 0 Å². The number of carbonyl (C=O) groups is 1. The van der Waals surface area contributed by atoms with E-state index >= 15 is 0 Å². The van der Waals surface area contributed by atoms with E-state index < -0.39 is 0 Å². The summed E-state index contributed by atoms with van der Waals surface area (Å²) in [4.78, 5) is 18.5. The fraction of sp³-hybridized carbons (Fsp3) is 0.462. The van der Waals surface area contributed by atoms with Crippen LogP contribution in [0.3, 0.4) is 0 Å². The predicted molar refractivity (Wildman–Crippen MR) is 123 cm³/mol. The highest BCUT2D eigenvalue weighted by Gasteiger charge is 2.27. The molecule has 1 unspecified atom stereocenters. The lowest BCUT2D eigenvalue weighted by molar-refractivity contribution is -0.120. The van der Waals surface area contributed by atoms with Crippen molar-refractivity contribution in [2.45, 2.75) is 64.4 Å². The third kappa shape index (κ3) is 5.93. The molecule has 2 atom stereocenters. The van der Waals surface area contributed by atoms with Crippen molar-refractivity contribution in [1.82, 2.24) is 4.98 Å². The molecule has 31 heavy (non-hydrogen) atoms. The van der Waals surface area contributed by atoms with E-state index in [4.69, 9.17) is 4.74 Å². The second-order valence-electron chi connectivity index (χ2n) is 8.25. The molecule has 1 aliphatic rings. The summed E-state index contributed by atoms with van der Waals surface area (Å²) in [5.74, 6) is 0.668. The number of Topliss-reactive ketones (excluding diaryl/α,β-unsaturated/α-hetero) is 1. The van der Waals surface area contributed by atoms with Gasteiger partial charge in [0.15, 0.2) is 5.82 Å². The maximum absolute atomic E-state index is 14.9. The number of aromatic nitrogens is 1. The molecule has 2 heterocycles. The van der Waals surface area contributed by atoms with Crippen LogP contribution in [-0.2, 0) is 11.2 Å². The van der Waals surface area contributed by atoms with Gasteiger partial charge in [-0.05, 0) is 43.0 Å². The number of pyridine rings is 1. The lowest BCUT2D eigenvalue weighted by atomic mass is 9.94. The number of halogens is 1. The molecule has 5 heteroatoms. The zero-order valence-electron chi connectivity index (χ0n) is 18.6. The molecule has 1 aliphatic heterocycles. The number of nitrogens with zero attached hydrogens (tertiary/aromatic N) is 2. The van der Waals surface area contributed by atoms with E-state index in [1.54, 1.807) is 18.3 Å². The summed E-state index contributed by atoms with van der Waals surface area (Å²) in [6.45, 7) is 9.11. The molecule has 0 N–H and O–H groups in total. The van der Waals surface area contributed by atoms with Crippen molar-refractivity contribution < 1.29 is 13.9 Å². The monoisotopic (exact) mass is 424 g/mol. The van der Waals surface area contributed by atoms with Crippen molar-refractivity contribution in [3.8, 4) is 5.75 Å². The molecule has 1 saturated heterocycles. The summed E-state index contributed by atoms with van der Waals surface area (Å²) in [5, 5.41) is 0. The Morgan fingerprint density at radius 2 is 2.13 bits per heavy atom. The van der Waals surface area contributed by atoms with Gasteiger partial charge in [-0.3, -0.25) is 9.78 Å². The smallest absolute Gasteiger partial charge is 0.167 e. The number of aryl methyl sites for hydroxylation is 1. The quantitative estimate of drug-likeness (QED) is 0.424. The highest BCUT2D eigenvalue weighted by molar-refractivity contribution is 5.85. The highest BCUT2D eigenvalue weighted by atomic mass is 19.1. The van der Waals surface area contributed by atoms with E-state index in [-0.39, 0.29) is 23.6 Å². The Kier molecular flexibility index (Phi) is 8.21. The van der Waals surface area contributed by atoms with Crippen molar-refractivity contribution in [3.05, 3.63) is 66.3 Å². The van der Waals surface area contributed by atoms with E-state index in [0.29, 0.717) is 37.2 Å². The molecule has 0 saturated carbocycles. The number of carbonyl (C=O) groups excluding carboxylic acids is 1. The Balaban J connectivity index is 1.58. The third-order valence-electron chi connectivity index (χ3n) is 5.95. The van der Waals surface area contributed by atoms with Gasteiger partial charge in [-0.2, -0.15) is 0 Å². The minimum absolute atomic E-state index is 0.00385. The Labute approximate surface area is 185 Å². The Hall–Kier alpha value is -2.69. The van der Waals surface area contributed by atoms with Gasteiger partial charge >= 0.3 is 0 Å². The first-order valence-corrected chi connectivity index (χ1v) is 11.3. The number of hydrogen-bond acceptors (Lipinski definition) is 4. The van der Waals surface area contributed by atoms with E-state index in [1.165, 1.54) is 0 Å². The predicted octanol–water partition coefficient (Wildman–Crippen LogP) is 5.86. The fourth-order valence-electron chi connectivity index (χ4n) is 3.96. The summed E-state index contributed by atoms with van der Waals surface area (Å²) >= 11 is 0. The first kappa shape index (κ1) is 23.0. The molecule has 0 radical (unpaired) electrons. The van der Waals surface area contributed by atoms with Gasteiger partial charge in [-0.15, -0.1) is 6.58 Å². The molecule has 1 aromatic heterocycles. The van der Waals surface area contributed by atoms with Gasteiger partial charge in [0.2, 0.25) is 0 Å². The number of rotatable bonds is 11. The molecule has 4 nitrogen and oxygen atoms in total. The zero-order valence-corrected chi connectivity index (χ0v) is 18.6. The summed E-state index contributed by atoms with van der Waals surface area (Å²) in [6.07, 6.45) is 8.18. The first-order chi connectivity index (χ1) is 15.0. The molecular formula is C26H33FN2O2. The van der Waals surface area contributed by atoms with Crippen molar-refractivity contribution in [2.75, 3.05) is 18.0 Å². The Morgan fingerprint density at radius 3 is 2.84 bits per heavy atom. The van der Waals surface area contributed by atoms with Crippen LogP contribution in [0, 0.1) is 5.82 Å². The molecule has 0 bridgehead atoms. The van der Waals surface area contributed by atoms with Crippen LogP contribution in [-0.4, -0.2) is 30.0 Å². The lowest BCUT2D eigenvalue weighted by Gasteiger charge is -2.20. The van der Waals surface area contributed by atoms with E-state index in [1.807, 2.05) is 36.1 Å². The fourth-order valence-corrected chi connectivity index (χ4v) is 3.96. The van der Waals surface area contributed by atoms with Crippen LogP contribution >= 0.6 is 0 Å². The zero-order chi connectivity index (χ0) is 22.2. The summed E-state index contributed by atoms with van der Waals surface area (Å²) in [5.41, 5.74) is 2.17. The number of hydrogen-bond donors (Lipinski definition) is 0. The topological polar surface area (TPSA) is 42.4 Å². The second kappa shape index (κ2) is 11.1. The molecule has 1 fully saturated rings. The normalized spacial score (nSPS) is 16.9. The van der Waals surface area contributed by atoms with E-state index in [9.17, 15) is 9.18 Å². The summed E-state index contributed by atoms with van der Waals surface area (Å²) < 4.78 is 21.0. The van der Waals surface area contributed by atoms with Gasteiger partial charge in [0.05, 0.1) is 17.9 Å². The minimum Gasteiger partial charge on any atom is -0.489 e. The Bertz CT molecular complexity index is 881. The van der Waals surface area contributed by atoms with Crippen molar-refractivity contribution in [3.63, 3.8) is 0 Å². The standard InChI is InChI=1S/C26H33FN2O2/c1-4-6-8-23-26(27)24(14-16-28-23)29-17-15-22(18-29)31-21-12-10-20(11-13-21)19(3)25(30)9-7-5-2/h5,10-14,16,19,22H,2,4,6-9,15,17-18H2,1,3H3/t19?,22-/m1/s1. The lowest BCUT2D eigenvalue weighted by Crippen LogP contribution is -2.25. The van der Waals surface area contributed by atoms with Crippen molar-refractivity contribution in [1.29, 1.82) is 0 Å². The number of ether oxygens (including phenoxy) is 1. The molecule has 2 aromatic rings. The van der Waals surface area contributed by atoms with Gasteiger partial charge in [0, 0.05) is 31.5 Å².